The number of methoxy groups -OCH3 is 2. The molecule has 0 saturated carbocycles. The second-order valence-corrected chi connectivity index (χ2v) is 4.41. The lowest BCUT2D eigenvalue weighted by Gasteiger charge is -2.15. The summed E-state index contributed by atoms with van der Waals surface area (Å²) in [6.45, 7) is 0.170. The lowest BCUT2D eigenvalue weighted by molar-refractivity contribution is 0.190. The first kappa shape index (κ1) is 15.5. The molecule has 7 heteroatoms. The second-order valence-electron chi connectivity index (χ2n) is 4.41. The van der Waals surface area contributed by atoms with Crippen molar-refractivity contribution >= 4 is 5.82 Å². The standard InChI is InChI=1S/C15H16N4O3/c1-21-11-5-10(6-12(7-11)22-2)14(20)9-19-15-13(8-16)17-3-4-18-15/h3-7,14,20H,9H2,1-2H3,(H,18,19). The van der Waals surface area contributed by atoms with Gasteiger partial charge in [-0.2, -0.15) is 5.26 Å². The number of nitriles is 1. The first-order valence-corrected chi connectivity index (χ1v) is 6.54. The molecule has 1 atom stereocenters. The van der Waals surface area contributed by atoms with Crippen LogP contribution >= 0.6 is 0 Å². The molecule has 2 aromatic rings. The Morgan fingerprint density at radius 2 is 1.82 bits per heavy atom. The number of nitrogens with one attached hydrogen (secondary N) is 1. The van der Waals surface area contributed by atoms with Gasteiger partial charge in [-0.25, -0.2) is 9.97 Å². The third-order valence-electron chi connectivity index (χ3n) is 3.03. The number of hydrogen-bond acceptors (Lipinski definition) is 7. The van der Waals surface area contributed by atoms with Gasteiger partial charge < -0.3 is 19.9 Å². The van der Waals surface area contributed by atoms with Crippen LogP contribution in [0.25, 0.3) is 0 Å². The van der Waals surface area contributed by atoms with Crippen molar-refractivity contribution in [3.8, 4) is 17.6 Å². The van der Waals surface area contributed by atoms with E-state index in [0.717, 1.165) is 0 Å². The Balaban J connectivity index is 2.12. The minimum Gasteiger partial charge on any atom is -0.497 e. The van der Waals surface area contributed by atoms with Crippen LogP contribution in [0, 0.1) is 11.3 Å². The number of aliphatic hydroxyl groups excluding tert-OH is 1. The molecule has 1 aromatic heterocycles. The van der Waals surface area contributed by atoms with Gasteiger partial charge in [-0.1, -0.05) is 0 Å². The maximum absolute atomic E-state index is 10.3. The van der Waals surface area contributed by atoms with Gasteiger partial charge in [0, 0.05) is 25.0 Å². The maximum Gasteiger partial charge on any atom is 0.182 e. The molecule has 22 heavy (non-hydrogen) atoms. The predicted molar refractivity (Wildman–Crippen MR) is 79.7 cm³/mol. The zero-order valence-electron chi connectivity index (χ0n) is 12.3. The normalized spacial score (nSPS) is 11.4. The van der Waals surface area contributed by atoms with Gasteiger partial charge in [-0.15, -0.1) is 0 Å². The molecular formula is C15H16N4O3. The molecule has 0 amide bonds. The van der Waals surface area contributed by atoms with E-state index in [2.05, 4.69) is 15.3 Å². The summed E-state index contributed by atoms with van der Waals surface area (Å²) < 4.78 is 10.3. The molecule has 0 aliphatic carbocycles. The topological polar surface area (TPSA) is 100 Å². The minimum atomic E-state index is -0.822. The van der Waals surface area contributed by atoms with Crippen molar-refractivity contribution in [3.05, 3.63) is 41.9 Å². The molecule has 0 bridgehead atoms. The molecule has 0 radical (unpaired) electrons. The van der Waals surface area contributed by atoms with Gasteiger partial charge in [0.15, 0.2) is 11.5 Å². The number of ether oxygens (including phenoxy) is 2. The second kappa shape index (κ2) is 7.24. The van der Waals surface area contributed by atoms with Crippen LogP contribution in [0.1, 0.15) is 17.4 Å². The van der Waals surface area contributed by atoms with Gasteiger partial charge >= 0.3 is 0 Å². The molecule has 0 fully saturated rings. The molecule has 1 unspecified atom stereocenters. The summed E-state index contributed by atoms with van der Waals surface area (Å²) in [4.78, 5) is 7.92. The third-order valence-corrected chi connectivity index (χ3v) is 3.03. The fourth-order valence-corrected chi connectivity index (χ4v) is 1.88. The summed E-state index contributed by atoms with van der Waals surface area (Å²) in [5.41, 5.74) is 0.809. The van der Waals surface area contributed by atoms with Crippen LogP contribution in [0.2, 0.25) is 0 Å². The van der Waals surface area contributed by atoms with Crippen LogP contribution in [0.4, 0.5) is 5.82 Å². The number of aromatic nitrogens is 2. The van der Waals surface area contributed by atoms with Gasteiger partial charge in [-0.05, 0) is 17.7 Å². The summed E-state index contributed by atoms with van der Waals surface area (Å²) >= 11 is 0. The van der Waals surface area contributed by atoms with E-state index in [-0.39, 0.29) is 12.2 Å². The molecule has 7 nitrogen and oxygen atoms in total. The van der Waals surface area contributed by atoms with Gasteiger partial charge in [0.1, 0.15) is 17.6 Å². The van der Waals surface area contributed by atoms with E-state index in [1.807, 2.05) is 6.07 Å². The molecule has 1 heterocycles. The van der Waals surface area contributed by atoms with Gasteiger partial charge in [0.25, 0.3) is 0 Å². The van der Waals surface area contributed by atoms with E-state index in [9.17, 15) is 5.11 Å². The zero-order chi connectivity index (χ0) is 15.9. The number of rotatable bonds is 6. The van der Waals surface area contributed by atoms with Crippen molar-refractivity contribution in [3.63, 3.8) is 0 Å². The molecule has 0 aliphatic rings. The summed E-state index contributed by atoms with van der Waals surface area (Å²) in [7, 11) is 3.09. The largest absolute Gasteiger partial charge is 0.497 e. The van der Waals surface area contributed by atoms with Crippen molar-refractivity contribution in [1.82, 2.24) is 9.97 Å². The Kier molecular flexibility index (Phi) is 5.11. The molecule has 0 spiro atoms. The van der Waals surface area contributed by atoms with E-state index in [1.54, 1.807) is 32.4 Å². The Bertz CT molecular complexity index is 662. The smallest absolute Gasteiger partial charge is 0.182 e. The van der Waals surface area contributed by atoms with Crippen molar-refractivity contribution < 1.29 is 14.6 Å². The third kappa shape index (κ3) is 3.62. The number of hydrogen-bond donors (Lipinski definition) is 2. The Morgan fingerprint density at radius 1 is 1.18 bits per heavy atom. The fourth-order valence-electron chi connectivity index (χ4n) is 1.88. The Labute approximate surface area is 128 Å². The quantitative estimate of drug-likeness (QED) is 0.834. The van der Waals surface area contributed by atoms with E-state index in [1.165, 1.54) is 12.4 Å². The van der Waals surface area contributed by atoms with Crippen LogP contribution in [0.3, 0.4) is 0 Å². The summed E-state index contributed by atoms with van der Waals surface area (Å²) in [5.74, 6) is 1.51. The van der Waals surface area contributed by atoms with Crippen molar-refractivity contribution in [1.29, 1.82) is 5.26 Å². The first-order valence-electron chi connectivity index (χ1n) is 6.54. The Morgan fingerprint density at radius 3 is 2.41 bits per heavy atom. The van der Waals surface area contributed by atoms with Crippen LogP contribution in [-0.2, 0) is 0 Å². The van der Waals surface area contributed by atoms with Crippen LogP contribution in [-0.4, -0.2) is 35.8 Å². The van der Waals surface area contributed by atoms with Crippen molar-refractivity contribution in [2.24, 2.45) is 0 Å². The lowest BCUT2D eigenvalue weighted by atomic mass is 10.1. The molecule has 2 rings (SSSR count). The zero-order valence-corrected chi connectivity index (χ0v) is 12.3. The highest BCUT2D eigenvalue weighted by Crippen LogP contribution is 2.26. The van der Waals surface area contributed by atoms with E-state index in [0.29, 0.717) is 22.9 Å². The van der Waals surface area contributed by atoms with Gasteiger partial charge in [0.2, 0.25) is 0 Å². The van der Waals surface area contributed by atoms with Crippen LogP contribution in [0.15, 0.2) is 30.6 Å². The SMILES string of the molecule is COc1cc(OC)cc(C(O)CNc2nccnc2C#N)c1. The average molecular weight is 300 g/mol. The lowest BCUT2D eigenvalue weighted by Crippen LogP contribution is -2.14. The monoisotopic (exact) mass is 300 g/mol. The summed E-state index contributed by atoms with van der Waals surface area (Å²) in [6.07, 6.45) is 2.09. The minimum absolute atomic E-state index is 0.170. The van der Waals surface area contributed by atoms with Crippen LogP contribution < -0.4 is 14.8 Å². The number of aliphatic hydroxyl groups is 1. The molecule has 1 aromatic carbocycles. The van der Waals surface area contributed by atoms with Gasteiger partial charge in [0.05, 0.1) is 20.3 Å². The maximum atomic E-state index is 10.3. The molecule has 0 saturated heterocycles. The van der Waals surface area contributed by atoms with E-state index < -0.39 is 6.10 Å². The fraction of sp³-hybridized carbons (Fsp3) is 0.267. The summed E-state index contributed by atoms with van der Waals surface area (Å²) in [5, 5.41) is 22.1. The molecule has 2 N–H and O–H groups in total. The number of anilines is 1. The van der Waals surface area contributed by atoms with Gasteiger partial charge in [-0.3, -0.25) is 0 Å². The van der Waals surface area contributed by atoms with Crippen molar-refractivity contribution in [2.45, 2.75) is 6.10 Å². The Hall–Kier alpha value is -2.85. The molecular weight excluding hydrogens is 284 g/mol. The average Bonchev–Trinajstić information content (AvgIpc) is 2.59. The number of benzene rings is 1. The highest BCUT2D eigenvalue weighted by Gasteiger charge is 2.12. The molecule has 114 valence electrons. The summed E-state index contributed by atoms with van der Waals surface area (Å²) in [6, 6.07) is 7.10. The van der Waals surface area contributed by atoms with E-state index in [4.69, 9.17) is 14.7 Å². The highest BCUT2D eigenvalue weighted by atomic mass is 16.5. The first-order chi connectivity index (χ1) is 10.7. The highest BCUT2D eigenvalue weighted by molar-refractivity contribution is 5.47. The van der Waals surface area contributed by atoms with Crippen molar-refractivity contribution in [2.75, 3.05) is 26.1 Å². The van der Waals surface area contributed by atoms with Crippen LogP contribution in [0.5, 0.6) is 11.5 Å². The molecule has 0 aliphatic heterocycles. The predicted octanol–water partition coefficient (Wildman–Crippen LogP) is 1.51. The number of nitrogens with zero attached hydrogens (tertiary/aromatic N) is 3. The van der Waals surface area contributed by atoms with E-state index >= 15 is 0 Å².